The van der Waals surface area contributed by atoms with Crippen LogP contribution in [-0.4, -0.2) is 17.3 Å². The average Bonchev–Trinajstić information content (AvgIpc) is 2.47. The van der Waals surface area contributed by atoms with Crippen molar-refractivity contribution in [1.82, 2.24) is 0 Å². The van der Waals surface area contributed by atoms with Crippen LogP contribution in [-0.2, 0) is 0 Å². The second-order valence-corrected chi connectivity index (χ2v) is 5.33. The van der Waals surface area contributed by atoms with Crippen LogP contribution in [0.15, 0.2) is 36.4 Å². The third kappa shape index (κ3) is 2.54. The maximum absolute atomic E-state index is 10.3. The Bertz CT molecular complexity index is 666. The standard InChI is InChI=1S/C17H18O4/c1-10-3-5-15-12(7-10)13(18)9-17(21-15)11-4-6-16(20-2)14(19)8-11/h3-8,13,17-19H,9H2,1-2H3/t13-,17?/m0/s1. The summed E-state index contributed by atoms with van der Waals surface area (Å²) in [6, 6.07) is 10.9. The molecule has 3 rings (SSSR count). The van der Waals surface area contributed by atoms with Gasteiger partial charge in [-0.2, -0.15) is 0 Å². The van der Waals surface area contributed by atoms with Gasteiger partial charge in [0.25, 0.3) is 0 Å². The molecule has 0 bridgehead atoms. The Labute approximate surface area is 123 Å². The zero-order valence-corrected chi connectivity index (χ0v) is 12.0. The normalized spacial score (nSPS) is 20.5. The van der Waals surface area contributed by atoms with Gasteiger partial charge in [0.15, 0.2) is 11.5 Å². The molecular formula is C17H18O4. The largest absolute Gasteiger partial charge is 0.504 e. The second kappa shape index (κ2) is 5.30. The van der Waals surface area contributed by atoms with Crippen LogP contribution in [0, 0.1) is 6.92 Å². The Morgan fingerprint density at radius 2 is 2.00 bits per heavy atom. The van der Waals surface area contributed by atoms with Gasteiger partial charge in [-0.1, -0.05) is 17.7 Å². The fourth-order valence-electron chi connectivity index (χ4n) is 2.68. The highest BCUT2D eigenvalue weighted by molar-refractivity contribution is 5.45. The predicted octanol–water partition coefficient (Wildman–Crippen LogP) is 3.27. The Kier molecular flexibility index (Phi) is 3.47. The molecule has 2 aromatic carbocycles. The minimum absolute atomic E-state index is 0.0720. The van der Waals surface area contributed by atoms with E-state index < -0.39 is 6.10 Å². The maximum atomic E-state index is 10.3. The lowest BCUT2D eigenvalue weighted by molar-refractivity contribution is 0.0655. The molecule has 2 N–H and O–H groups in total. The Morgan fingerprint density at radius 3 is 2.71 bits per heavy atom. The van der Waals surface area contributed by atoms with Crippen LogP contribution in [0.25, 0.3) is 0 Å². The number of benzene rings is 2. The van der Waals surface area contributed by atoms with Gasteiger partial charge in [0.05, 0.1) is 13.2 Å². The summed E-state index contributed by atoms with van der Waals surface area (Å²) in [7, 11) is 1.51. The average molecular weight is 286 g/mol. The fraction of sp³-hybridized carbons (Fsp3) is 0.294. The summed E-state index contributed by atoms with van der Waals surface area (Å²) in [5.74, 6) is 1.19. The molecule has 2 atom stereocenters. The van der Waals surface area contributed by atoms with Gasteiger partial charge in [0.1, 0.15) is 11.9 Å². The van der Waals surface area contributed by atoms with Crippen molar-refractivity contribution in [2.24, 2.45) is 0 Å². The SMILES string of the molecule is COc1ccc(C2C[C@H](O)c3cc(C)ccc3O2)cc1O. The van der Waals surface area contributed by atoms with Crippen LogP contribution in [0.2, 0.25) is 0 Å². The Hall–Kier alpha value is -2.20. The van der Waals surface area contributed by atoms with E-state index in [1.54, 1.807) is 12.1 Å². The van der Waals surface area contributed by atoms with Gasteiger partial charge in [-0.15, -0.1) is 0 Å². The van der Waals surface area contributed by atoms with Gasteiger partial charge in [0.2, 0.25) is 0 Å². The summed E-state index contributed by atoms with van der Waals surface area (Å²) in [6.45, 7) is 1.99. The molecule has 0 aromatic heterocycles. The number of rotatable bonds is 2. The van der Waals surface area contributed by atoms with Gasteiger partial charge in [-0.05, 0) is 36.8 Å². The van der Waals surface area contributed by atoms with Crippen LogP contribution < -0.4 is 9.47 Å². The first-order chi connectivity index (χ1) is 10.1. The van der Waals surface area contributed by atoms with E-state index in [2.05, 4.69) is 0 Å². The second-order valence-electron chi connectivity index (χ2n) is 5.33. The molecule has 0 saturated carbocycles. The van der Waals surface area contributed by atoms with Gasteiger partial charge in [0, 0.05) is 12.0 Å². The highest BCUT2D eigenvalue weighted by Crippen LogP contribution is 2.42. The third-order valence-electron chi connectivity index (χ3n) is 3.81. The number of hydrogen-bond acceptors (Lipinski definition) is 4. The number of aryl methyl sites for hydroxylation is 1. The van der Waals surface area contributed by atoms with Crippen LogP contribution in [0.5, 0.6) is 17.2 Å². The van der Waals surface area contributed by atoms with E-state index in [0.717, 1.165) is 16.7 Å². The molecule has 0 fully saturated rings. The Balaban J connectivity index is 1.92. The maximum Gasteiger partial charge on any atom is 0.160 e. The van der Waals surface area contributed by atoms with Crippen molar-refractivity contribution in [1.29, 1.82) is 0 Å². The van der Waals surface area contributed by atoms with E-state index in [-0.39, 0.29) is 11.9 Å². The minimum Gasteiger partial charge on any atom is -0.504 e. The zero-order valence-electron chi connectivity index (χ0n) is 12.0. The lowest BCUT2D eigenvalue weighted by atomic mass is 9.94. The summed E-state index contributed by atoms with van der Waals surface area (Å²) in [6.07, 6.45) is -0.391. The van der Waals surface area contributed by atoms with Crippen molar-refractivity contribution >= 4 is 0 Å². The van der Waals surface area contributed by atoms with Crippen LogP contribution >= 0.6 is 0 Å². The van der Waals surface area contributed by atoms with Gasteiger partial charge < -0.3 is 19.7 Å². The first-order valence-electron chi connectivity index (χ1n) is 6.90. The van der Waals surface area contributed by atoms with E-state index in [1.807, 2.05) is 31.2 Å². The number of aliphatic hydroxyl groups excluding tert-OH is 1. The van der Waals surface area contributed by atoms with Crippen molar-refractivity contribution in [3.63, 3.8) is 0 Å². The number of hydrogen-bond donors (Lipinski definition) is 2. The summed E-state index contributed by atoms with van der Waals surface area (Å²) >= 11 is 0. The molecule has 0 amide bonds. The van der Waals surface area contributed by atoms with Gasteiger partial charge >= 0.3 is 0 Å². The van der Waals surface area contributed by atoms with Gasteiger partial charge in [-0.25, -0.2) is 0 Å². The van der Waals surface area contributed by atoms with Gasteiger partial charge in [-0.3, -0.25) is 0 Å². The molecule has 0 radical (unpaired) electrons. The van der Waals surface area contributed by atoms with E-state index in [9.17, 15) is 10.2 Å². The van der Waals surface area contributed by atoms with E-state index in [1.165, 1.54) is 7.11 Å². The molecule has 0 aliphatic carbocycles. The summed E-state index contributed by atoms with van der Waals surface area (Å²) in [4.78, 5) is 0. The first-order valence-corrected chi connectivity index (χ1v) is 6.90. The van der Waals surface area contributed by atoms with Crippen LogP contribution in [0.3, 0.4) is 0 Å². The smallest absolute Gasteiger partial charge is 0.160 e. The first kappa shape index (κ1) is 13.8. The third-order valence-corrected chi connectivity index (χ3v) is 3.81. The molecule has 1 unspecified atom stereocenters. The molecule has 1 heterocycles. The fourth-order valence-corrected chi connectivity index (χ4v) is 2.68. The molecule has 21 heavy (non-hydrogen) atoms. The summed E-state index contributed by atoms with van der Waals surface area (Å²) in [5, 5.41) is 20.2. The molecule has 0 saturated heterocycles. The van der Waals surface area contributed by atoms with Crippen molar-refractivity contribution in [2.45, 2.75) is 25.6 Å². The number of phenols is 1. The summed E-state index contributed by atoms with van der Waals surface area (Å²) in [5.41, 5.74) is 2.74. The molecule has 110 valence electrons. The van der Waals surface area contributed by atoms with E-state index in [4.69, 9.17) is 9.47 Å². The molecule has 2 aromatic rings. The molecule has 1 aliphatic heterocycles. The molecule has 1 aliphatic rings. The predicted molar refractivity (Wildman–Crippen MR) is 78.8 cm³/mol. The monoisotopic (exact) mass is 286 g/mol. The lowest BCUT2D eigenvalue weighted by Gasteiger charge is -2.30. The minimum atomic E-state index is -0.567. The number of ether oxygens (including phenoxy) is 2. The highest BCUT2D eigenvalue weighted by Gasteiger charge is 2.28. The number of aromatic hydroxyl groups is 1. The quantitative estimate of drug-likeness (QED) is 0.889. The molecule has 0 spiro atoms. The topological polar surface area (TPSA) is 58.9 Å². The van der Waals surface area contributed by atoms with Crippen LogP contribution in [0.4, 0.5) is 0 Å². The number of fused-ring (bicyclic) bond motifs is 1. The van der Waals surface area contributed by atoms with E-state index in [0.29, 0.717) is 17.9 Å². The van der Waals surface area contributed by atoms with Crippen molar-refractivity contribution < 1.29 is 19.7 Å². The molecule has 4 heteroatoms. The Morgan fingerprint density at radius 1 is 1.19 bits per heavy atom. The lowest BCUT2D eigenvalue weighted by Crippen LogP contribution is -2.19. The molecule has 4 nitrogen and oxygen atoms in total. The van der Waals surface area contributed by atoms with Crippen LogP contribution in [0.1, 0.15) is 35.3 Å². The number of aliphatic hydroxyl groups is 1. The van der Waals surface area contributed by atoms with Crippen molar-refractivity contribution in [3.8, 4) is 17.2 Å². The van der Waals surface area contributed by atoms with E-state index >= 15 is 0 Å². The molecular weight excluding hydrogens is 268 g/mol. The zero-order chi connectivity index (χ0) is 15.0. The van der Waals surface area contributed by atoms with Crippen molar-refractivity contribution in [2.75, 3.05) is 7.11 Å². The number of methoxy groups -OCH3 is 1. The highest BCUT2D eigenvalue weighted by atomic mass is 16.5. The van der Waals surface area contributed by atoms with Crippen molar-refractivity contribution in [3.05, 3.63) is 53.1 Å². The number of phenolic OH excluding ortho intramolecular Hbond substituents is 1. The summed E-state index contributed by atoms with van der Waals surface area (Å²) < 4.78 is 11.0.